The largest absolute Gasteiger partial charge is 0.351 e. The van der Waals surface area contributed by atoms with Crippen LogP contribution in [0.1, 0.15) is 23.0 Å². The third-order valence-electron chi connectivity index (χ3n) is 3.97. The van der Waals surface area contributed by atoms with Crippen LogP contribution in [0.5, 0.6) is 0 Å². The lowest BCUT2D eigenvalue weighted by molar-refractivity contribution is 0.0781. The van der Waals surface area contributed by atoms with E-state index in [1.54, 1.807) is 17.2 Å². The minimum Gasteiger partial charge on any atom is -0.351 e. The van der Waals surface area contributed by atoms with Crippen molar-refractivity contribution in [3.63, 3.8) is 0 Å². The molecule has 1 N–H and O–H groups in total. The molecule has 1 aromatic carbocycles. The van der Waals surface area contributed by atoms with Crippen molar-refractivity contribution in [3.05, 3.63) is 48.4 Å². The molecule has 3 heterocycles. The Balaban J connectivity index is 1.55. The Morgan fingerprint density at radius 3 is 2.86 bits per heavy atom. The van der Waals surface area contributed by atoms with Crippen LogP contribution in [-0.2, 0) is 0 Å². The lowest BCUT2D eigenvalue weighted by atomic mass is 10.2. The van der Waals surface area contributed by atoms with Crippen molar-refractivity contribution >= 4 is 16.8 Å². The van der Waals surface area contributed by atoms with Crippen molar-refractivity contribution in [2.45, 2.75) is 12.5 Å². The van der Waals surface area contributed by atoms with Crippen LogP contribution >= 0.6 is 0 Å². The molecule has 6 nitrogen and oxygen atoms in total. The molecule has 0 radical (unpaired) electrons. The highest BCUT2D eigenvalue weighted by molar-refractivity contribution is 5.98. The summed E-state index contributed by atoms with van der Waals surface area (Å²) in [5.74, 6) is 0.0425. The lowest BCUT2D eigenvalue weighted by Crippen LogP contribution is -2.29. The first-order valence-electron chi connectivity index (χ1n) is 7.04. The average molecular weight is 281 g/mol. The van der Waals surface area contributed by atoms with E-state index >= 15 is 0 Å². The van der Waals surface area contributed by atoms with E-state index in [9.17, 15) is 4.79 Å². The van der Waals surface area contributed by atoms with Crippen LogP contribution in [-0.4, -0.2) is 43.9 Å². The monoisotopic (exact) mass is 281 g/mol. The van der Waals surface area contributed by atoms with Gasteiger partial charge >= 0.3 is 0 Å². The number of aromatic nitrogens is 4. The number of para-hydroxylation sites is 1. The van der Waals surface area contributed by atoms with Gasteiger partial charge in [-0.15, -0.1) is 0 Å². The molecule has 0 saturated carbocycles. The number of hydrogen-bond donors (Lipinski definition) is 1. The number of hydrogen-bond acceptors (Lipinski definition) is 3. The number of likely N-dealkylation sites (tertiary alicyclic amines) is 1. The highest BCUT2D eigenvalue weighted by Gasteiger charge is 2.29. The van der Waals surface area contributed by atoms with Crippen molar-refractivity contribution in [2.75, 3.05) is 13.1 Å². The first-order valence-corrected chi connectivity index (χ1v) is 7.04. The number of carbonyl (C=O) groups excluding carboxylic acids is 1. The van der Waals surface area contributed by atoms with E-state index in [1.165, 1.54) is 0 Å². The van der Waals surface area contributed by atoms with Crippen LogP contribution in [0.3, 0.4) is 0 Å². The summed E-state index contributed by atoms with van der Waals surface area (Å²) in [6, 6.07) is 10.0. The number of amides is 1. The summed E-state index contributed by atoms with van der Waals surface area (Å²) in [6.07, 6.45) is 4.23. The third-order valence-corrected chi connectivity index (χ3v) is 3.97. The van der Waals surface area contributed by atoms with E-state index in [4.69, 9.17) is 0 Å². The predicted octanol–water partition coefficient (Wildman–Crippen LogP) is 1.85. The van der Waals surface area contributed by atoms with Gasteiger partial charge in [0.1, 0.15) is 5.69 Å². The molecule has 0 bridgehead atoms. The molecule has 1 saturated heterocycles. The number of rotatable bonds is 2. The summed E-state index contributed by atoms with van der Waals surface area (Å²) >= 11 is 0. The zero-order valence-corrected chi connectivity index (χ0v) is 11.4. The van der Waals surface area contributed by atoms with Crippen LogP contribution < -0.4 is 0 Å². The molecule has 1 amide bonds. The van der Waals surface area contributed by atoms with Gasteiger partial charge in [-0.2, -0.15) is 15.0 Å². The maximum Gasteiger partial charge on any atom is 0.270 e. The van der Waals surface area contributed by atoms with E-state index in [0.29, 0.717) is 12.2 Å². The van der Waals surface area contributed by atoms with Crippen molar-refractivity contribution in [3.8, 4) is 0 Å². The predicted molar refractivity (Wildman–Crippen MR) is 77.9 cm³/mol. The van der Waals surface area contributed by atoms with Crippen molar-refractivity contribution in [1.29, 1.82) is 0 Å². The number of benzene rings is 1. The van der Waals surface area contributed by atoms with Crippen LogP contribution in [0.25, 0.3) is 10.9 Å². The molecule has 3 aromatic rings. The number of fused-ring (bicyclic) bond motifs is 1. The first-order chi connectivity index (χ1) is 10.3. The van der Waals surface area contributed by atoms with Gasteiger partial charge < -0.3 is 9.88 Å². The first kappa shape index (κ1) is 12.1. The van der Waals surface area contributed by atoms with Crippen molar-refractivity contribution in [2.24, 2.45) is 0 Å². The molecule has 1 aliphatic rings. The number of nitrogens with one attached hydrogen (secondary N) is 1. The van der Waals surface area contributed by atoms with Gasteiger partial charge in [0.25, 0.3) is 5.91 Å². The SMILES string of the molecule is O=C(c1cc2ccccc2[nH]1)N1CCC(n2nccn2)C1. The number of aromatic amines is 1. The summed E-state index contributed by atoms with van der Waals surface area (Å²) < 4.78 is 0. The zero-order valence-electron chi connectivity index (χ0n) is 11.4. The molecule has 1 atom stereocenters. The highest BCUT2D eigenvalue weighted by Crippen LogP contribution is 2.23. The van der Waals surface area contributed by atoms with E-state index in [0.717, 1.165) is 23.9 Å². The van der Waals surface area contributed by atoms with Crippen LogP contribution in [0, 0.1) is 0 Å². The molecule has 1 fully saturated rings. The summed E-state index contributed by atoms with van der Waals surface area (Å²) in [5.41, 5.74) is 1.63. The summed E-state index contributed by atoms with van der Waals surface area (Å²) in [7, 11) is 0. The van der Waals surface area contributed by atoms with E-state index in [-0.39, 0.29) is 11.9 Å². The number of H-pyrrole nitrogens is 1. The van der Waals surface area contributed by atoms with E-state index < -0.39 is 0 Å². The Kier molecular flexibility index (Phi) is 2.73. The molecule has 0 aliphatic carbocycles. The molecule has 1 aliphatic heterocycles. The molecule has 106 valence electrons. The van der Waals surface area contributed by atoms with Crippen molar-refractivity contribution in [1.82, 2.24) is 24.9 Å². The molecule has 1 unspecified atom stereocenters. The summed E-state index contributed by atoms with van der Waals surface area (Å²) in [4.78, 5) is 19.3. The Bertz CT molecular complexity index is 743. The molecular formula is C15H15N5O. The molecule has 2 aromatic heterocycles. The fraction of sp³-hybridized carbons (Fsp3) is 0.267. The maximum atomic E-state index is 12.6. The third kappa shape index (κ3) is 2.08. The molecule has 21 heavy (non-hydrogen) atoms. The maximum absolute atomic E-state index is 12.6. The molecule has 6 heteroatoms. The minimum absolute atomic E-state index is 0.0425. The average Bonchev–Trinajstić information content (AvgIpc) is 3.24. The topological polar surface area (TPSA) is 66.8 Å². The lowest BCUT2D eigenvalue weighted by Gasteiger charge is -2.15. The van der Waals surface area contributed by atoms with Crippen LogP contribution in [0.4, 0.5) is 0 Å². The van der Waals surface area contributed by atoms with E-state index in [2.05, 4.69) is 15.2 Å². The Hall–Kier alpha value is -2.63. The smallest absolute Gasteiger partial charge is 0.270 e. The second-order valence-corrected chi connectivity index (χ2v) is 5.31. The number of nitrogens with zero attached hydrogens (tertiary/aromatic N) is 4. The molecule has 4 rings (SSSR count). The van der Waals surface area contributed by atoms with Gasteiger partial charge in [0.05, 0.1) is 18.4 Å². The second-order valence-electron chi connectivity index (χ2n) is 5.31. The summed E-state index contributed by atoms with van der Waals surface area (Å²) in [6.45, 7) is 1.39. The Morgan fingerprint density at radius 1 is 1.24 bits per heavy atom. The number of carbonyl (C=O) groups is 1. The van der Waals surface area contributed by atoms with Crippen LogP contribution in [0.15, 0.2) is 42.7 Å². The molecule has 0 spiro atoms. The van der Waals surface area contributed by atoms with Gasteiger partial charge in [-0.1, -0.05) is 18.2 Å². The van der Waals surface area contributed by atoms with Gasteiger partial charge in [-0.25, -0.2) is 0 Å². The Labute approximate surface area is 121 Å². The fourth-order valence-corrected chi connectivity index (χ4v) is 2.89. The highest BCUT2D eigenvalue weighted by atomic mass is 16.2. The zero-order chi connectivity index (χ0) is 14.2. The molecular weight excluding hydrogens is 266 g/mol. The van der Waals surface area contributed by atoms with Gasteiger partial charge in [-0.3, -0.25) is 4.79 Å². The van der Waals surface area contributed by atoms with Gasteiger partial charge in [0.2, 0.25) is 0 Å². The van der Waals surface area contributed by atoms with Gasteiger partial charge in [0.15, 0.2) is 0 Å². The van der Waals surface area contributed by atoms with Crippen LogP contribution in [0.2, 0.25) is 0 Å². The fourth-order valence-electron chi connectivity index (χ4n) is 2.89. The standard InChI is InChI=1S/C15H15N5O/c21-15(14-9-11-3-1-2-4-13(11)18-14)19-8-5-12(10-19)20-16-6-7-17-20/h1-4,6-7,9,12,18H,5,8,10H2. The second kappa shape index (κ2) is 4.73. The summed E-state index contributed by atoms with van der Waals surface area (Å²) in [5, 5.41) is 9.38. The normalized spacial score (nSPS) is 18.5. The quantitative estimate of drug-likeness (QED) is 0.779. The van der Waals surface area contributed by atoms with Gasteiger partial charge in [-0.05, 0) is 18.6 Å². The minimum atomic E-state index is 0.0425. The van der Waals surface area contributed by atoms with Gasteiger partial charge in [0, 0.05) is 24.0 Å². The van der Waals surface area contributed by atoms with Crippen molar-refractivity contribution < 1.29 is 4.79 Å². The Morgan fingerprint density at radius 2 is 2.05 bits per heavy atom. The van der Waals surface area contributed by atoms with E-state index in [1.807, 2.05) is 35.2 Å².